The molecular weight excluding hydrogens is 482 g/mol. The smallest absolute Gasteiger partial charge is 0.165 e. The summed E-state index contributed by atoms with van der Waals surface area (Å²) in [7, 11) is 1.62. The van der Waals surface area contributed by atoms with Gasteiger partial charge in [0.05, 0.1) is 34.3 Å². The Balaban J connectivity index is 1.49. The quantitative estimate of drug-likeness (QED) is 0.401. The molecule has 0 atom stereocenters. The van der Waals surface area contributed by atoms with E-state index in [1.807, 2.05) is 48.7 Å². The maximum atomic E-state index is 10.7. The summed E-state index contributed by atoms with van der Waals surface area (Å²) in [4.78, 5) is 9.66. The number of pyridine rings is 1. The topological polar surface area (TPSA) is 98.6 Å². The predicted octanol–water partition coefficient (Wildman–Crippen LogP) is 4.84. The Kier molecular flexibility index (Phi) is 5.90. The highest BCUT2D eigenvalue weighted by atomic mass is 79.9. The lowest BCUT2D eigenvalue weighted by atomic mass is 9.78. The zero-order valence-corrected chi connectivity index (χ0v) is 20.0. The molecule has 5 rings (SSSR count). The molecule has 1 aliphatic rings. The first-order chi connectivity index (χ1) is 16.0. The second-order valence-electron chi connectivity index (χ2n) is 8.72. The van der Waals surface area contributed by atoms with Crippen molar-refractivity contribution in [3.05, 3.63) is 65.0 Å². The van der Waals surface area contributed by atoms with Gasteiger partial charge in [-0.25, -0.2) is 4.98 Å². The molecule has 1 aliphatic carbocycles. The van der Waals surface area contributed by atoms with Crippen LogP contribution >= 0.6 is 15.9 Å². The molecule has 7 nitrogen and oxygen atoms in total. The number of benzene rings is 1. The van der Waals surface area contributed by atoms with E-state index in [-0.39, 0.29) is 5.92 Å². The Morgan fingerprint density at radius 2 is 1.88 bits per heavy atom. The van der Waals surface area contributed by atoms with E-state index in [4.69, 9.17) is 15.5 Å². The molecule has 1 aromatic carbocycles. The Morgan fingerprint density at radius 3 is 2.55 bits per heavy atom. The van der Waals surface area contributed by atoms with Crippen LogP contribution in [0.3, 0.4) is 0 Å². The van der Waals surface area contributed by atoms with Crippen molar-refractivity contribution in [2.24, 2.45) is 0 Å². The van der Waals surface area contributed by atoms with E-state index in [9.17, 15) is 5.11 Å². The third kappa shape index (κ3) is 4.14. The van der Waals surface area contributed by atoms with E-state index in [1.165, 1.54) is 0 Å². The lowest BCUT2D eigenvalue weighted by Gasteiger charge is -2.35. The Morgan fingerprint density at radius 1 is 1.12 bits per heavy atom. The minimum atomic E-state index is -0.763. The van der Waals surface area contributed by atoms with Crippen molar-refractivity contribution in [3.8, 4) is 22.4 Å². The molecule has 0 amide bonds. The van der Waals surface area contributed by atoms with Gasteiger partial charge in [0.25, 0.3) is 0 Å². The molecule has 0 aliphatic heterocycles. The van der Waals surface area contributed by atoms with Gasteiger partial charge in [-0.3, -0.25) is 4.98 Å². The zero-order chi connectivity index (χ0) is 23.0. The molecule has 3 heterocycles. The molecule has 8 heteroatoms. The second kappa shape index (κ2) is 8.85. The molecule has 0 unspecified atom stereocenters. The van der Waals surface area contributed by atoms with Crippen molar-refractivity contribution in [2.45, 2.75) is 37.2 Å². The van der Waals surface area contributed by atoms with Gasteiger partial charge in [-0.05, 0) is 47.7 Å². The molecule has 1 fully saturated rings. The van der Waals surface area contributed by atoms with Crippen LogP contribution in [-0.4, -0.2) is 44.0 Å². The van der Waals surface area contributed by atoms with Crippen molar-refractivity contribution in [1.82, 2.24) is 19.6 Å². The van der Waals surface area contributed by atoms with E-state index in [0.717, 1.165) is 45.4 Å². The van der Waals surface area contributed by atoms with Crippen molar-refractivity contribution >= 4 is 27.4 Å². The first kappa shape index (κ1) is 22.0. The normalized spacial score (nSPS) is 20.9. The van der Waals surface area contributed by atoms with Gasteiger partial charge in [-0.15, -0.1) is 0 Å². The first-order valence-corrected chi connectivity index (χ1v) is 11.8. The number of nitrogens with zero attached hydrogens (tertiary/aromatic N) is 4. The number of nitrogen functional groups attached to an aromatic ring is 1. The molecular formula is C25H26BrN5O2. The third-order valence-electron chi connectivity index (χ3n) is 6.51. The maximum absolute atomic E-state index is 10.7. The van der Waals surface area contributed by atoms with Crippen LogP contribution in [0, 0.1) is 0 Å². The average Bonchev–Trinajstić information content (AvgIpc) is 3.27. The summed E-state index contributed by atoms with van der Waals surface area (Å²) in [6, 6.07) is 14.1. The number of hydrogen-bond acceptors (Lipinski definition) is 6. The lowest BCUT2D eigenvalue weighted by molar-refractivity contribution is -0.0590. The first-order valence-electron chi connectivity index (χ1n) is 11.0. The van der Waals surface area contributed by atoms with Crippen LogP contribution in [-0.2, 0) is 4.74 Å². The van der Waals surface area contributed by atoms with Gasteiger partial charge in [-0.2, -0.15) is 9.61 Å². The summed E-state index contributed by atoms with van der Waals surface area (Å²) in [5.74, 6) is 0.720. The van der Waals surface area contributed by atoms with Crippen LogP contribution in [0.5, 0.6) is 0 Å². The highest BCUT2D eigenvalue weighted by Crippen LogP contribution is 2.42. The van der Waals surface area contributed by atoms with Gasteiger partial charge in [-0.1, -0.05) is 36.4 Å². The van der Waals surface area contributed by atoms with Crippen LogP contribution in [0.4, 0.5) is 5.82 Å². The van der Waals surface area contributed by atoms with Gasteiger partial charge in [0.15, 0.2) is 5.65 Å². The summed E-state index contributed by atoms with van der Waals surface area (Å²) < 4.78 is 7.64. The number of halogens is 1. The Labute approximate surface area is 200 Å². The lowest BCUT2D eigenvalue weighted by Crippen LogP contribution is -2.38. The molecule has 3 aromatic heterocycles. The van der Waals surface area contributed by atoms with E-state index in [0.29, 0.717) is 30.9 Å². The van der Waals surface area contributed by atoms with Crippen molar-refractivity contribution in [2.75, 3.05) is 19.5 Å². The van der Waals surface area contributed by atoms with Gasteiger partial charge in [0, 0.05) is 35.9 Å². The minimum absolute atomic E-state index is 0.199. The SMILES string of the molecule is COC[C@]1(O)CC[C@@H](c2nc3c(-c4ccc(-c5ccccc5)nc4)cnn3c(N)c2Br)CC1. The molecule has 170 valence electrons. The van der Waals surface area contributed by atoms with E-state index < -0.39 is 5.60 Å². The average molecular weight is 508 g/mol. The van der Waals surface area contributed by atoms with Crippen molar-refractivity contribution in [1.29, 1.82) is 0 Å². The summed E-state index contributed by atoms with van der Waals surface area (Å²) in [6.45, 7) is 0.355. The fourth-order valence-corrected chi connectivity index (χ4v) is 5.24. The van der Waals surface area contributed by atoms with E-state index in [1.54, 1.807) is 17.8 Å². The van der Waals surface area contributed by atoms with Gasteiger partial charge in [0.1, 0.15) is 5.82 Å². The van der Waals surface area contributed by atoms with Crippen LogP contribution in [0.25, 0.3) is 28.0 Å². The summed E-state index contributed by atoms with van der Waals surface area (Å²) in [5.41, 5.74) is 11.1. The largest absolute Gasteiger partial charge is 0.387 e. The van der Waals surface area contributed by atoms with Crippen LogP contribution in [0.1, 0.15) is 37.3 Å². The molecule has 0 saturated heterocycles. The molecule has 33 heavy (non-hydrogen) atoms. The fourth-order valence-electron chi connectivity index (χ4n) is 4.66. The number of nitrogens with two attached hydrogens (primary N) is 1. The number of rotatable bonds is 5. The standard InChI is InChI=1S/C25H26BrN5O2/c1-33-15-25(32)11-9-17(10-12-25)22-21(26)23(27)31-24(30-22)19(14-29-31)18-7-8-20(28-13-18)16-5-3-2-4-6-16/h2-8,13-14,17,32H,9-12,15,27H2,1H3/t17-,25+. The zero-order valence-electron chi connectivity index (χ0n) is 18.4. The number of anilines is 1. The van der Waals surface area contributed by atoms with E-state index >= 15 is 0 Å². The Bertz CT molecular complexity index is 1270. The fraction of sp³-hybridized carbons (Fsp3) is 0.320. The van der Waals surface area contributed by atoms with Crippen LogP contribution in [0.15, 0.2) is 59.3 Å². The maximum Gasteiger partial charge on any atom is 0.165 e. The number of methoxy groups -OCH3 is 1. The number of hydrogen-bond donors (Lipinski definition) is 2. The molecule has 0 bridgehead atoms. The summed E-state index contributed by atoms with van der Waals surface area (Å²) in [6.07, 6.45) is 6.61. The Hall–Kier alpha value is -2.81. The van der Waals surface area contributed by atoms with Crippen molar-refractivity contribution in [3.63, 3.8) is 0 Å². The number of aliphatic hydroxyl groups is 1. The molecule has 0 spiro atoms. The molecule has 4 aromatic rings. The van der Waals surface area contributed by atoms with Crippen molar-refractivity contribution < 1.29 is 9.84 Å². The number of fused-ring (bicyclic) bond motifs is 1. The van der Waals surface area contributed by atoms with E-state index in [2.05, 4.69) is 26.0 Å². The van der Waals surface area contributed by atoms with Crippen LogP contribution < -0.4 is 5.73 Å². The van der Waals surface area contributed by atoms with Gasteiger partial charge in [0.2, 0.25) is 0 Å². The minimum Gasteiger partial charge on any atom is -0.387 e. The van der Waals surface area contributed by atoms with Gasteiger partial charge >= 0.3 is 0 Å². The monoisotopic (exact) mass is 507 g/mol. The highest BCUT2D eigenvalue weighted by molar-refractivity contribution is 9.10. The summed E-state index contributed by atoms with van der Waals surface area (Å²) in [5, 5.41) is 15.2. The van der Waals surface area contributed by atoms with Crippen LogP contribution in [0.2, 0.25) is 0 Å². The second-order valence-corrected chi connectivity index (χ2v) is 9.51. The number of aromatic nitrogens is 4. The molecule has 0 radical (unpaired) electrons. The third-order valence-corrected chi connectivity index (χ3v) is 7.32. The van der Waals surface area contributed by atoms with Gasteiger partial charge < -0.3 is 15.6 Å². The molecule has 3 N–H and O–H groups in total. The predicted molar refractivity (Wildman–Crippen MR) is 132 cm³/mol. The summed E-state index contributed by atoms with van der Waals surface area (Å²) >= 11 is 3.65. The number of ether oxygens (including phenoxy) is 1. The molecule has 1 saturated carbocycles. The highest BCUT2D eigenvalue weighted by Gasteiger charge is 2.35.